The van der Waals surface area contributed by atoms with E-state index < -0.39 is 0 Å². The van der Waals surface area contributed by atoms with Crippen molar-refractivity contribution in [1.82, 2.24) is 0 Å². The van der Waals surface area contributed by atoms with E-state index >= 15 is 0 Å². The van der Waals surface area contributed by atoms with Crippen molar-refractivity contribution in [2.24, 2.45) is 7.05 Å². The molecule has 0 aliphatic carbocycles. The molecule has 6 aromatic carbocycles. The standard InChI is InChI=1S/C47H44B2N/c1-29-25-34(6)35(7)39(26-29)45-24-21-38-27-36(20-23-44(38)50(45)8)37-19-22-42-43(28-37)49(47-32(4)15-12-16-33(47)5)41-18-10-9-17-40(41)48(42)46-30(2)13-11-14-31(46)3/h9-28H,1-8H3/q+1. The van der Waals surface area contributed by atoms with Gasteiger partial charge in [-0.25, -0.2) is 0 Å². The lowest BCUT2D eigenvalue weighted by Gasteiger charge is -2.34. The summed E-state index contributed by atoms with van der Waals surface area (Å²) in [6.07, 6.45) is 0. The Bertz CT molecular complexity index is 2450. The maximum Gasteiger partial charge on any atom is 0.240 e. The van der Waals surface area contributed by atoms with E-state index in [4.69, 9.17) is 0 Å². The predicted octanol–water partition coefficient (Wildman–Crippen LogP) is 6.50. The molecule has 0 N–H and O–H groups in total. The summed E-state index contributed by atoms with van der Waals surface area (Å²) in [6.45, 7) is 16.1. The summed E-state index contributed by atoms with van der Waals surface area (Å²) in [5.74, 6) is 0. The van der Waals surface area contributed by atoms with E-state index in [0.717, 1.165) is 0 Å². The second-order valence-electron chi connectivity index (χ2n) is 14.8. The summed E-state index contributed by atoms with van der Waals surface area (Å²) in [5.41, 5.74) is 24.2. The summed E-state index contributed by atoms with van der Waals surface area (Å²) < 4.78 is 2.36. The second-order valence-corrected chi connectivity index (χ2v) is 14.8. The summed E-state index contributed by atoms with van der Waals surface area (Å²) in [5, 5.41) is 1.25. The van der Waals surface area contributed by atoms with E-state index in [1.807, 2.05) is 0 Å². The van der Waals surface area contributed by atoms with Crippen molar-refractivity contribution in [3.05, 3.63) is 160 Å². The lowest BCUT2D eigenvalue weighted by molar-refractivity contribution is -0.633. The molecule has 0 spiro atoms. The van der Waals surface area contributed by atoms with Crippen LogP contribution in [-0.2, 0) is 7.05 Å². The molecule has 0 radical (unpaired) electrons. The minimum absolute atomic E-state index is 0.157. The molecule has 0 bridgehead atoms. The van der Waals surface area contributed by atoms with Gasteiger partial charge in [0.25, 0.3) is 0 Å². The Kier molecular flexibility index (Phi) is 7.91. The number of rotatable bonds is 4. The van der Waals surface area contributed by atoms with E-state index in [2.05, 4.69) is 181 Å². The van der Waals surface area contributed by atoms with Crippen molar-refractivity contribution in [2.45, 2.75) is 48.5 Å². The Morgan fingerprint density at radius 2 is 0.980 bits per heavy atom. The van der Waals surface area contributed by atoms with Crippen LogP contribution >= 0.6 is 0 Å². The van der Waals surface area contributed by atoms with Gasteiger partial charge in [-0.1, -0.05) is 146 Å². The Balaban J connectivity index is 1.33. The minimum Gasteiger partial charge on any atom is -0.194 e. The van der Waals surface area contributed by atoms with Gasteiger partial charge in [0.15, 0.2) is 0 Å². The molecule has 2 heterocycles. The van der Waals surface area contributed by atoms with Gasteiger partial charge < -0.3 is 0 Å². The Morgan fingerprint density at radius 3 is 1.60 bits per heavy atom. The first-order chi connectivity index (χ1) is 24.1. The van der Waals surface area contributed by atoms with Crippen LogP contribution in [0.5, 0.6) is 0 Å². The average molecular weight is 645 g/mol. The molecule has 0 fully saturated rings. The van der Waals surface area contributed by atoms with Crippen molar-refractivity contribution in [2.75, 3.05) is 0 Å². The van der Waals surface area contributed by atoms with Crippen molar-refractivity contribution in [3.63, 3.8) is 0 Å². The van der Waals surface area contributed by atoms with Crippen LogP contribution in [0.1, 0.15) is 38.9 Å². The molecular weight excluding hydrogens is 600 g/mol. The molecule has 8 rings (SSSR count). The first-order valence-electron chi connectivity index (χ1n) is 18.0. The van der Waals surface area contributed by atoms with Gasteiger partial charge in [-0.05, 0) is 95.0 Å². The van der Waals surface area contributed by atoms with Crippen LogP contribution in [0.2, 0.25) is 0 Å². The lowest BCUT2D eigenvalue weighted by atomic mass is 9.20. The first kappa shape index (κ1) is 32.1. The van der Waals surface area contributed by atoms with E-state index in [9.17, 15) is 0 Å². The molecule has 7 aromatic rings. The van der Waals surface area contributed by atoms with Crippen molar-refractivity contribution >= 4 is 57.1 Å². The first-order valence-corrected chi connectivity index (χ1v) is 18.0. The Hall–Kier alpha value is -5.14. The third-order valence-electron chi connectivity index (χ3n) is 11.6. The SMILES string of the molecule is Cc1cc(C)c(C)c(-c2ccc3cc(-c4ccc5c(c4)B(c4c(C)cccc4C)c4ccccc4B5c4c(C)cccc4C)ccc3[n+]2C)c1. The second kappa shape index (κ2) is 12.3. The van der Waals surface area contributed by atoms with Crippen LogP contribution in [0.4, 0.5) is 0 Å². The third kappa shape index (κ3) is 5.14. The maximum atomic E-state index is 2.51. The predicted molar refractivity (Wildman–Crippen MR) is 218 cm³/mol. The van der Waals surface area contributed by atoms with Gasteiger partial charge in [-0.2, -0.15) is 4.57 Å². The molecule has 1 nitrogen and oxygen atoms in total. The quantitative estimate of drug-likeness (QED) is 0.152. The summed E-state index contributed by atoms with van der Waals surface area (Å²) in [4.78, 5) is 0. The summed E-state index contributed by atoms with van der Waals surface area (Å²) in [6, 6.07) is 46.2. The molecule has 1 aromatic heterocycles. The van der Waals surface area contributed by atoms with Gasteiger partial charge in [-0.15, -0.1) is 0 Å². The van der Waals surface area contributed by atoms with Crippen LogP contribution in [0.3, 0.4) is 0 Å². The van der Waals surface area contributed by atoms with Gasteiger partial charge in [0.2, 0.25) is 24.6 Å². The van der Waals surface area contributed by atoms with Crippen molar-refractivity contribution < 1.29 is 4.57 Å². The average Bonchev–Trinajstić information content (AvgIpc) is 3.10. The van der Waals surface area contributed by atoms with Crippen LogP contribution < -0.4 is 37.3 Å². The number of pyridine rings is 1. The Labute approximate surface area is 298 Å². The fourth-order valence-electron chi connectivity index (χ4n) is 8.99. The number of fused-ring (bicyclic) bond motifs is 3. The number of nitrogens with zero attached hydrogens (tertiary/aromatic N) is 1. The molecule has 0 atom stereocenters. The molecule has 1 aliphatic rings. The molecular formula is C47H44B2N+. The largest absolute Gasteiger partial charge is 0.240 e. The molecule has 1 aliphatic heterocycles. The van der Waals surface area contributed by atoms with Gasteiger partial charge >= 0.3 is 0 Å². The topological polar surface area (TPSA) is 3.88 Å². The zero-order valence-electron chi connectivity index (χ0n) is 30.6. The highest BCUT2D eigenvalue weighted by Crippen LogP contribution is 2.28. The van der Waals surface area contributed by atoms with Gasteiger partial charge in [0.1, 0.15) is 7.05 Å². The van der Waals surface area contributed by atoms with Crippen molar-refractivity contribution in [3.8, 4) is 22.4 Å². The molecule has 0 unspecified atom stereocenters. The molecule has 50 heavy (non-hydrogen) atoms. The fourth-order valence-corrected chi connectivity index (χ4v) is 8.99. The van der Waals surface area contributed by atoms with E-state index in [1.165, 1.54) is 105 Å². The summed E-state index contributed by atoms with van der Waals surface area (Å²) >= 11 is 0. The highest BCUT2D eigenvalue weighted by Gasteiger charge is 2.40. The zero-order valence-corrected chi connectivity index (χ0v) is 30.6. The zero-order chi connectivity index (χ0) is 34.8. The smallest absolute Gasteiger partial charge is 0.194 e. The van der Waals surface area contributed by atoms with Crippen LogP contribution in [0.25, 0.3) is 33.3 Å². The number of hydrogen-bond donors (Lipinski definition) is 0. The van der Waals surface area contributed by atoms with Crippen LogP contribution in [-0.4, -0.2) is 13.4 Å². The van der Waals surface area contributed by atoms with Crippen molar-refractivity contribution in [1.29, 1.82) is 0 Å². The minimum atomic E-state index is 0.157. The van der Waals surface area contributed by atoms with Gasteiger partial charge in [0, 0.05) is 23.1 Å². The van der Waals surface area contributed by atoms with E-state index in [1.54, 1.807) is 0 Å². The molecule has 242 valence electrons. The lowest BCUT2D eigenvalue weighted by Crippen LogP contribution is -2.75. The van der Waals surface area contributed by atoms with Crippen LogP contribution in [0, 0.1) is 48.5 Å². The Morgan fingerprint density at radius 1 is 0.440 bits per heavy atom. The third-order valence-corrected chi connectivity index (χ3v) is 11.6. The van der Waals surface area contributed by atoms with E-state index in [-0.39, 0.29) is 13.4 Å². The van der Waals surface area contributed by atoms with E-state index in [0.29, 0.717) is 0 Å². The number of hydrogen-bond acceptors (Lipinski definition) is 0. The van der Waals surface area contributed by atoms with Crippen LogP contribution in [0.15, 0.2) is 121 Å². The molecule has 0 amide bonds. The number of benzene rings is 6. The molecule has 0 saturated carbocycles. The molecule has 0 saturated heterocycles. The number of aromatic nitrogens is 1. The highest BCUT2D eigenvalue weighted by molar-refractivity contribution is 7.11. The monoisotopic (exact) mass is 644 g/mol. The number of aryl methyl sites for hydroxylation is 7. The summed E-state index contributed by atoms with van der Waals surface area (Å²) in [7, 11) is 2.20. The normalized spacial score (nSPS) is 12.3. The fraction of sp³-hybridized carbons (Fsp3) is 0.170. The molecule has 3 heteroatoms. The van der Waals surface area contributed by atoms with Gasteiger partial charge in [-0.3, -0.25) is 0 Å². The highest BCUT2D eigenvalue weighted by atomic mass is 14.9. The van der Waals surface area contributed by atoms with Gasteiger partial charge in [0.05, 0.1) is 0 Å². The maximum absolute atomic E-state index is 2.51.